The Morgan fingerprint density at radius 2 is 1.90 bits per heavy atom. The van der Waals surface area contributed by atoms with E-state index in [1.807, 2.05) is 0 Å². The van der Waals surface area contributed by atoms with E-state index < -0.39 is 10.0 Å². The Morgan fingerprint density at radius 3 is 2.70 bits per heavy atom. The Hall–Kier alpha value is -2.48. The molecular formula is C12H10N4O3S. The lowest BCUT2D eigenvalue weighted by molar-refractivity contribution is 0.315. The molecule has 0 saturated carbocycles. The highest BCUT2D eigenvalue weighted by molar-refractivity contribution is 7.93. The van der Waals surface area contributed by atoms with Crippen molar-refractivity contribution >= 4 is 26.9 Å². The van der Waals surface area contributed by atoms with E-state index in [-0.39, 0.29) is 16.2 Å². The average Bonchev–Trinajstić information content (AvgIpc) is 2.85. The second kappa shape index (κ2) is 4.57. The lowest BCUT2D eigenvalue weighted by atomic mass is 10.3. The van der Waals surface area contributed by atoms with E-state index in [1.165, 1.54) is 6.07 Å². The molecular weight excluding hydrogens is 280 g/mol. The van der Waals surface area contributed by atoms with Gasteiger partial charge in [-0.25, -0.2) is 18.0 Å². The van der Waals surface area contributed by atoms with E-state index in [9.17, 15) is 8.42 Å². The van der Waals surface area contributed by atoms with Crippen molar-refractivity contribution in [1.82, 2.24) is 15.3 Å². The molecule has 0 bridgehead atoms. The third-order valence-corrected chi connectivity index (χ3v) is 4.05. The van der Waals surface area contributed by atoms with Gasteiger partial charge in [0.15, 0.2) is 5.52 Å². The van der Waals surface area contributed by atoms with Crippen molar-refractivity contribution in [3.8, 4) is 0 Å². The van der Waals surface area contributed by atoms with Crippen LogP contribution in [-0.2, 0) is 10.0 Å². The molecule has 0 atom stereocenters. The summed E-state index contributed by atoms with van der Waals surface area (Å²) in [6.07, 6.45) is 0. The number of nitrogens with one attached hydrogen (secondary N) is 1. The molecule has 0 aliphatic carbocycles. The predicted molar refractivity (Wildman–Crippen MR) is 71.6 cm³/mol. The van der Waals surface area contributed by atoms with Gasteiger partial charge in [0.25, 0.3) is 10.0 Å². The van der Waals surface area contributed by atoms with Crippen molar-refractivity contribution in [2.24, 2.45) is 0 Å². The molecule has 3 aromatic rings. The quantitative estimate of drug-likeness (QED) is 0.788. The van der Waals surface area contributed by atoms with Crippen LogP contribution in [0.4, 0.5) is 5.82 Å². The molecule has 1 aromatic carbocycles. The molecule has 0 spiro atoms. The topological polar surface area (TPSA) is 98.0 Å². The first-order chi connectivity index (χ1) is 9.56. The Kier molecular flexibility index (Phi) is 2.87. The summed E-state index contributed by atoms with van der Waals surface area (Å²) in [4.78, 5) is 4.10. The van der Waals surface area contributed by atoms with E-state index in [1.54, 1.807) is 37.3 Å². The van der Waals surface area contributed by atoms with Gasteiger partial charge in [-0.3, -0.25) is 4.72 Å². The van der Waals surface area contributed by atoms with Crippen LogP contribution in [0.1, 0.15) is 5.69 Å². The number of benzene rings is 1. The van der Waals surface area contributed by atoms with Crippen molar-refractivity contribution < 1.29 is 13.0 Å². The molecule has 0 radical (unpaired) electrons. The minimum Gasteiger partial charge on any atom is -0.263 e. The maximum absolute atomic E-state index is 12.4. The molecule has 102 valence electrons. The van der Waals surface area contributed by atoms with E-state index in [2.05, 4.69) is 24.6 Å². The highest BCUT2D eigenvalue weighted by Crippen LogP contribution is 2.21. The average molecular weight is 290 g/mol. The van der Waals surface area contributed by atoms with Crippen molar-refractivity contribution in [1.29, 1.82) is 0 Å². The number of rotatable bonds is 3. The van der Waals surface area contributed by atoms with Crippen molar-refractivity contribution in [3.63, 3.8) is 0 Å². The van der Waals surface area contributed by atoms with Gasteiger partial charge in [-0.2, -0.15) is 0 Å². The van der Waals surface area contributed by atoms with Crippen LogP contribution in [0.5, 0.6) is 0 Å². The summed E-state index contributed by atoms with van der Waals surface area (Å²) in [5, 5.41) is 7.24. The summed E-state index contributed by atoms with van der Waals surface area (Å²) in [7, 11) is -3.80. The van der Waals surface area contributed by atoms with Crippen LogP contribution in [0, 0.1) is 6.92 Å². The molecule has 0 aliphatic heterocycles. The van der Waals surface area contributed by atoms with Crippen molar-refractivity contribution in [2.45, 2.75) is 11.8 Å². The summed E-state index contributed by atoms with van der Waals surface area (Å²) in [5.41, 5.74) is 1.28. The van der Waals surface area contributed by atoms with Gasteiger partial charge in [0.2, 0.25) is 0 Å². The van der Waals surface area contributed by atoms with E-state index >= 15 is 0 Å². The van der Waals surface area contributed by atoms with Gasteiger partial charge in [0.1, 0.15) is 16.2 Å². The summed E-state index contributed by atoms with van der Waals surface area (Å²) >= 11 is 0. The summed E-state index contributed by atoms with van der Waals surface area (Å²) < 4.78 is 31.7. The molecule has 1 N–H and O–H groups in total. The van der Waals surface area contributed by atoms with Gasteiger partial charge in [-0.05, 0) is 41.5 Å². The van der Waals surface area contributed by atoms with Crippen LogP contribution in [0.25, 0.3) is 11.0 Å². The zero-order valence-electron chi connectivity index (χ0n) is 10.4. The SMILES string of the molecule is Cc1cccc(NS(=O)(=O)c2cccc3nonc23)n1. The zero-order valence-corrected chi connectivity index (χ0v) is 11.3. The van der Waals surface area contributed by atoms with Gasteiger partial charge in [0.05, 0.1) is 0 Å². The van der Waals surface area contributed by atoms with Crippen LogP contribution in [-0.4, -0.2) is 23.7 Å². The molecule has 2 aromatic heterocycles. The second-order valence-electron chi connectivity index (χ2n) is 4.16. The van der Waals surface area contributed by atoms with Crippen LogP contribution in [0.15, 0.2) is 45.9 Å². The van der Waals surface area contributed by atoms with E-state index in [0.29, 0.717) is 11.2 Å². The first kappa shape index (κ1) is 12.5. The van der Waals surface area contributed by atoms with Crippen LogP contribution in [0.2, 0.25) is 0 Å². The molecule has 3 rings (SSSR count). The van der Waals surface area contributed by atoms with E-state index in [0.717, 1.165) is 0 Å². The van der Waals surface area contributed by atoms with E-state index in [4.69, 9.17) is 0 Å². The van der Waals surface area contributed by atoms with Crippen molar-refractivity contribution in [3.05, 3.63) is 42.1 Å². The first-order valence-corrected chi connectivity index (χ1v) is 7.22. The molecule has 0 fully saturated rings. The third-order valence-electron chi connectivity index (χ3n) is 2.67. The smallest absolute Gasteiger partial charge is 0.263 e. The normalized spacial score (nSPS) is 11.7. The molecule has 7 nitrogen and oxygen atoms in total. The largest absolute Gasteiger partial charge is 0.265 e. The van der Waals surface area contributed by atoms with Gasteiger partial charge < -0.3 is 0 Å². The summed E-state index contributed by atoms with van der Waals surface area (Å²) in [5.74, 6) is 0.249. The molecule has 0 unspecified atom stereocenters. The number of anilines is 1. The third kappa shape index (κ3) is 2.21. The minimum atomic E-state index is -3.80. The van der Waals surface area contributed by atoms with Crippen LogP contribution < -0.4 is 4.72 Å². The number of sulfonamides is 1. The minimum absolute atomic E-state index is 0.000411. The maximum Gasteiger partial charge on any atom is 0.265 e. The van der Waals surface area contributed by atoms with Gasteiger partial charge in [-0.15, -0.1) is 0 Å². The van der Waals surface area contributed by atoms with Crippen LogP contribution >= 0.6 is 0 Å². The molecule has 8 heteroatoms. The van der Waals surface area contributed by atoms with Crippen molar-refractivity contribution in [2.75, 3.05) is 4.72 Å². The lowest BCUT2D eigenvalue weighted by Gasteiger charge is -2.07. The fourth-order valence-corrected chi connectivity index (χ4v) is 2.94. The molecule has 2 heterocycles. The van der Waals surface area contributed by atoms with Gasteiger partial charge in [-0.1, -0.05) is 12.1 Å². The standard InChI is InChI=1S/C12H10N4O3S/c1-8-4-2-7-11(13-8)16-20(17,18)10-6-3-5-9-12(10)15-19-14-9/h2-7H,1H3,(H,13,16). The fraction of sp³-hybridized carbons (Fsp3) is 0.0833. The highest BCUT2D eigenvalue weighted by Gasteiger charge is 2.20. The lowest BCUT2D eigenvalue weighted by Crippen LogP contribution is -2.14. The Labute approximate surface area is 114 Å². The number of aromatic nitrogens is 3. The molecule has 0 aliphatic rings. The Bertz CT molecular complexity index is 873. The maximum atomic E-state index is 12.4. The molecule has 0 amide bonds. The molecule has 20 heavy (non-hydrogen) atoms. The number of fused-ring (bicyclic) bond motifs is 1. The van der Waals surface area contributed by atoms with Gasteiger partial charge in [0, 0.05) is 5.69 Å². The highest BCUT2D eigenvalue weighted by atomic mass is 32.2. The Morgan fingerprint density at radius 1 is 1.10 bits per heavy atom. The second-order valence-corrected chi connectivity index (χ2v) is 5.81. The van der Waals surface area contributed by atoms with Crippen LogP contribution in [0.3, 0.4) is 0 Å². The fourth-order valence-electron chi connectivity index (χ4n) is 1.79. The number of nitrogens with zero attached hydrogens (tertiary/aromatic N) is 3. The zero-order chi connectivity index (χ0) is 14.2. The first-order valence-electron chi connectivity index (χ1n) is 5.74. The predicted octanol–water partition coefficient (Wildman–Crippen LogP) is 1.73. The number of pyridine rings is 1. The summed E-state index contributed by atoms with van der Waals surface area (Å²) in [6, 6.07) is 9.70. The number of hydrogen-bond donors (Lipinski definition) is 1. The van der Waals surface area contributed by atoms with Gasteiger partial charge >= 0.3 is 0 Å². The monoisotopic (exact) mass is 290 g/mol. The molecule has 0 saturated heterocycles. The number of hydrogen-bond acceptors (Lipinski definition) is 6. The number of aryl methyl sites for hydroxylation is 1. The Balaban J connectivity index is 2.06. The summed E-state index contributed by atoms with van der Waals surface area (Å²) in [6.45, 7) is 1.78.